The molecule has 42 heavy (non-hydrogen) atoms. The summed E-state index contributed by atoms with van der Waals surface area (Å²) in [6.45, 7) is 3.87. The van der Waals surface area contributed by atoms with E-state index in [1.165, 1.54) is 38.3 Å². The maximum Gasteiger partial charge on any atom is 0.424 e. The van der Waals surface area contributed by atoms with Crippen molar-refractivity contribution in [3.8, 4) is 17.0 Å². The van der Waals surface area contributed by atoms with E-state index in [1.54, 1.807) is 6.92 Å². The number of amides is 1. The van der Waals surface area contributed by atoms with Crippen LogP contribution in [0.2, 0.25) is 0 Å². The van der Waals surface area contributed by atoms with Crippen molar-refractivity contribution < 1.29 is 41.7 Å². The topological polar surface area (TPSA) is 117 Å². The van der Waals surface area contributed by atoms with Crippen molar-refractivity contribution in [2.45, 2.75) is 45.1 Å². The number of aromatic nitrogens is 3. The molecule has 1 atom stereocenters. The number of nitrogens with one attached hydrogen (secondary N) is 1. The molecule has 0 bridgehead atoms. The van der Waals surface area contributed by atoms with E-state index in [0.717, 1.165) is 26.0 Å². The van der Waals surface area contributed by atoms with Crippen LogP contribution in [-0.2, 0) is 11.2 Å². The molecule has 1 unspecified atom stereocenters. The van der Waals surface area contributed by atoms with Gasteiger partial charge in [0.05, 0.1) is 30.5 Å². The second-order valence-electron chi connectivity index (χ2n) is 10.3. The van der Waals surface area contributed by atoms with Crippen LogP contribution < -0.4 is 10.1 Å². The molecule has 0 aliphatic rings. The molecule has 8 nitrogen and oxygen atoms in total. The summed E-state index contributed by atoms with van der Waals surface area (Å²) < 4.78 is 78.2. The summed E-state index contributed by atoms with van der Waals surface area (Å²) in [4.78, 5) is 16.8. The van der Waals surface area contributed by atoms with Crippen molar-refractivity contribution in [2.24, 2.45) is 0 Å². The first-order chi connectivity index (χ1) is 19.5. The number of aliphatic hydroxyl groups is 2. The highest BCUT2D eigenvalue weighted by atomic mass is 19.4. The number of rotatable bonds is 7. The lowest BCUT2D eigenvalue weighted by Crippen LogP contribution is -2.51. The minimum absolute atomic E-state index is 0.0652. The molecule has 2 aromatic heterocycles. The fourth-order valence-corrected chi connectivity index (χ4v) is 4.39. The third kappa shape index (κ3) is 5.61. The van der Waals surface area contributed by atoms with Gasteiger partial charge in [-0.1, -0.05) is 0 Å². The van der Waals surface area contributed by atoms with Gasteiger partial charge in [0.25, 0.3) is 5.91 Å². The highest BCUT2D eigenvalue weighted by molar-refractivity contribution is 5.99. The number of nitrogens with zero attached hydrogens (tertiary/aromatic N) is 3. The minimum atomic E-state index is -5.42. The van der Waals surface area contributed by atoms with E-state index in [2.05, 4.69) is 20.5 Å². The summed E-state index contributed by atoms with van der Waals surface area (Å²) in [7, 11) is 1.39. The summed E-state index contributed by atoms with van der Waals surface area (Å²) in [5.74, 6) is -2.45. The Kier molecular flexibility index (Phi) is 7.96. The lowest BCUT2D eigenvalue weighted by molar-refractivity contribution is -0.265. The predicted octanol–water partition coefficient (Wildman–Crippen LogP) is 5.00. The lowest BCUT2D eigenvalue weighted by Gasteiger charge is -2.32. The number of hydrogen-bond acceptors (Lipinski definition) is 7. The maximum absolute atomic E-state index is 15.5. The van der Waals surface area contributed by atoms with Gasteiger partial charge >= 0.3 is 6.18 Å². The van der Waals surface area contributed by atoms with E-state index in [1.807, 2.05) is 0 Å². The van der Waals surface area contributed by atoms with Crippen molar-refractivity contribution >= 4 is 16.8 Å². The molecule has 3 N–H and O–H groups in total. The fraction of sp³-hybridized carbons (Fsp3) is 0.310. The Morgan fingerprint density at radius 3 is 2.29 bits per heavy atom. The molecule has 4 aromatic rings. The molecule has 13 heteroatoms. The second-order valence-corrected chi connectivity index (χ2v) is 10.3. The average molecular weight is 591 g/mol. The number of aryl methyl sites for hydroxylation is 2. The van der Waals surface area contributed by atoms with Crippen LogP contribution in [0.5, 0.6) is 5.75 Å². The molecule has 0 saturated heterocycles. The van der Waals surface area contributed by atoms with Gasteiger partial charge in [-0.25, -0.2) is 13.8 Å². The quantitative estimate of drug-likeness (QED) is 0.259. The van der Waals surface area contributed by atoms with E-state index < -0.39 is 58.4 Å². The van der Waals surface area contributed by atoms with Crippen LogP contribution in [0, 0.1) is 25.5 Å². The Morgan fingerprint density at radius 2 is 1.69 bits per heavy atom. The van der Waals surface area contributed by atoms with E-state index >= 15 is 4.39 Å². The first-order valence-electron chi connectivity index (χ1n) is 12.6. The summed E-state index contributed by atoms with van der Waals surface area (Å²) in [5.41, 5.74) is -7.46. The molecule has 4 rings (SSSR count). The number of halogens is 5. The molecule has 2 aromatic carbocycles. The Labute approximate surface area is 237 Å². The summed E-state index contributed by atoms with van der Waals surface area (Å²) >= 11 is 0. The number of methoxy groups -OCH3 is 1. The van der Waals surface area contributed by atoms with Gasteiger partial charge in [0, 0.05) is 22.1 Å². The zero-order valence-corrected chi connectivity index (χ0v) is 23.2. The van der Waals surface area contributed by atoms with Crippen LogP contribution in [0.1, 0.15) is 46.7 Å². The maximum atomic E-state index is 15.5. The molecule has 0 fully saturated rings. The minimum Gasteiger partial charge on any atom is -0.494 e. The third-order valence-corrected chi connectivity index (χ3v) is 6.79. The summed E-state index contributed by atoms with van der Waals surface area (Å²) in [5, 5.41) is 32.0. The number of fused-ring (bicyclic) bond motifs is 1. The van der Waals surface area contributed by atoms with Gasteiger partial charge in [-0.2, -0.15) is 18.3 Å². The predicted molar refractivity (Wildman–Crippen MR) is 143 cm³/mol. The molecule has 0 radical (unpaired) electrons. The van der Waals surface area contributed by atoms with E-state index in [0.29, 0.717) is 28.4 Å². The monoisotopic (exact) mass is 590 g/mol. The zero-order chi connectivity index (χ0) is 31.2. The van der Waals surface area contributed by atoms with Crippen molar-refractivity contribution in [3.63, 3.8) is 0 Å². The first kappa shape index (κ1) is 30.7. The molecule has 2 heterocycles. The van der Waals surface area contributed by atoms with Crippen molar-refractivity contribution in [3.05, 3.63) is 82.2 Å². The smallest absolute Gasteiger partial charge is 0.424 e. The number of ether oxygens (including phenoxy) is 1. The molecular formula is C29H27F5N4O4. The Morgan fingerprint density at radius 1 is 1.00 bits per heavy atom. The van der Waals surface area contributed by atoms with Gasteiger partial charge in [0.1, 0.15) is 17.2 Å². The normalized spacial score (nSPS) is 13.6. The van der Waals surface area contributed by atoms with E-state index in [-0.39, 0.29) is 16.7 Å². The third-order valence-electron chi connectivity index (χ3n) is 6.79. The molecule has 0 aliphatic heterocycles. The van der Waals surface area contributed by atoms with Gasteiger partial charge in [-0.05, 0) is 75.7 Å². The number of carbonyl (C=O) groups is 1. The van der Waals surface area contributed by atoms with Crippen molar-refractivity contribution in [1.29, 1.82) is 0 Å². The summed E-state index contributed by atoms with van der Waals surface area (Å²) in [6, 6.07) is 7.97. The van der Waals surface area contributed by atoms with Crippen molar-refractivity contribution in [2.75, 3.05) is 13.7 Å². The molecule has 0 saturated carbocycles. The number of pyridine rings is 1. The fourth-order valence-electron chi connectivity index (χ4n) is 4.39. The SMILES string of the molecule is COc1c(C)nnc2ccc(C(=O)NCC(O)(c3cc(C(C)(C)O)c(F)c(-c4ccc(F)c(C)c4)n3)C(F)(F)F)cc12. The Hall–Kier alpha value is -4.23. The standard InChI is InChI=1S/C29H27F5N4O4/c1-14-10-16(6-8-20(14)30)24-23(31)19(27(3,4)40)12-22(36-24)28(41,29(32,33)34)13-35-26(39)17-7-9-21-18(11-17)25(42-5)15(2)37-38-21/h6-12,40-41H,13H2,1-5H3,(H,35,39). The molecule has 1 amide bonds. The Balaban J connectivity index is 1.79. The molecular weight excluding hydrogens is 563 g/mol. The van der Waals surface area contributed by atoms with Crippen molar-refractivity contribution in [1.82, 2.24) is 20.5 Å². The van der Waals surface area contributed by atoms with Crippen LogP contribution in [0.25, 0.3) is 22.2 Å². The van der Waals surface area contributed by atoms with E-state index in [9.17, 15) is 32.6 Å². The lowest BCUT2D eigenvalue weighted by atomic mass is 9.90. The number of benzene rings is 2. The van der Waals surface area contributed by atoms with Gasteiger partial charge in [-0.3, -0.25) is 4.79 Å². The largest absolute Gasteiger partial charge is 0.494 e. The van der Waals surface area contributed by atoms with Crippen LogP contribution in [0.15, 0.2) is 42.5 Å². The van der Waals surface area contributed by atoms with Crippen LogP contribution >= 0.6 is 0 Å². The number of carbonyl (C=O) groups excluding carboxylic acids is 1. The van der Waals surface area contributed by atoms with Gasteiger partial charge in [0.2, 0.25) is 5.60 Å². The van der Waals surface area contributed by atoms with Gasteiger partial charge in [0.15, 0.2) is 11.6 Å². The number of hydrogen-bond donors (Lipinski definition) is 3. The zero-order valence-electron chi connectivity index (χ0n) is 23.2. The summed E-state index contributed by atoms with van der Waals surface area (Å²) in [6.07, 6.45) is -5.42. The average Bonchev–Trinajstić information content (AvgIpc) is 2.91. The van der Waals surface area contributed by atoms with Crippen LogP contribution in [-0.4, -0.2) is 51.1 Å². The van der Waals surface area contributed by atoms with Crippen LogP contribution in [0.3, 0.4) is 0 Å². The molecule has 0 aliphatic carbocycles. The highest BCUT2D eigenvalue weighted by Gasteiger charge is 2.57. The van der Waals surface area contributed by atoms with E-state index in [4.69, 9.17) is 4.74 Å². The van der Waals surface area contributed by atoms with Gasteiger partial charge in [-0.15, -0.1) is 5.10 Å². The van der Waals surface area contributed by atoms with Gasteiger partial charge < -0.3 is 20.3 Å². The number of alkyl halides is 3. The van der Waals surface area contributed by atoms with Crippen LogP contribution in [0.4, 0.5) is 22.0 Å². The molecule has 0 spiro atoms. The highest BCUT2D eigenvalue weighted by Crippen LogP contribution is 2.41. The Bertz CT molecular complexity index is 1690. The first-order valence-corrected chi connectivity index (χ1v) is 12.6. The molecule has 222 valence electrons. The second kappa shape index (κ2) is 10.9.